The van der Waals surface area contributed by atoms with Gasteiger partial charge in [0.15, 0.2) is 12.1 Å². The molecular formula is C36H33N2O+. The molecule has 39 heavy (non-hydrogen) atoms. The molecule has 1 N–H and O–H groups in total. The van der Waals surface area contributed by atoms with E-state index in [1.807, 2.05) is 24.3 Å². The van der Waals surface area contributed by atoms with Crippen LogP contribution in [-0.2, 0) is 6.54 Å². The van der Waals surface area contributed by atoms with Crippen molar-refractivity contribution in [2.75, 3.05) is 4.90 Å². The van der Waals surface area contributed by atoms with Crippen molar-refractivity contribution in [1.29, 1.82) is 0 Å². The summed E-state index contributed by atoms with van der Waals surface area (Å²) < 4.78 is 2.38. The highest BCUT2D eigenvalue weighted by Gasteiger charge is 2.45. The molecular weight excluding hydrogens is 476 g/mol. The fraction of sp³-hybridized carbons (Fsp3) is 0.139. The topological polar surface area (TPSA) is 26.5 Å². The maximum atomic E-state index is 11.2. The van der Waals surface area contributed by atoms with Gasteiger partial charge in [0.05, 0.1) is 0 Å². The van der Waals surface area contributed by atoms with E-state index in [9.17, 15) is 5.11 Å². The van der Waals surface area contributed by atoms with Crippen molar-refractivity contribution in [1.82, 2.24) is 0 Å². The van der Waals surface area contributed by atoms with Crippen molar-refractivity contribution < 1.29 is 9.68 Å². The Bertz CT molecular complexity index is 1590. The molecule has 0 radical (unpaired) electrons. The molecule has 0 unspecified atom stereocenters. The van der Waals surface area contributed by atoms with Crippen LogP contribution in [0.4, 0.5) is 5.69 Å². The quantitative estimate of drug-likeness (QED) is 0.233. The van der Waals surface area contributed by atoms with E-state index >= 15 is 0 Å². The van der Waals surface area contributed by atoms with Gasteiger partial charge in [-0.2, -0.15) is 0 Å². The number of phenolic OH excluding ortho intramolecular Hbond substituents is 1. The Morgan fingerprint density at radius 3 is 1.85 bits per heavy atom. The van der Waals surface area contributed by atoms with E-state index in [4.69, 9.17) is 0 Å². The lowest BCUT2D eigenvalue weighted by Crippen LogP contribution is -2.26. The summed E-state index contributed by atoms with van der Waals surface area (Å²) in [6, 6.07) is 44.6. The van der Waals surface area contributed by atoms with Crippen LogP contribution in [0.5, 0.6) is 5.75 Å². The molecule has 2 atom stereocenters. The second-order valence-electron chi connectivity index (χ2n) is 10.5. The predicted molar refractivity (Wildman–Crippen MR) is 160 cm³/mol. The van der Waals surface area contributed by atoms with Crippen LogP contribution in [0.25, 0.3) is 11.1 Å². The second-order valence-corrected chi connectivity index (χ2v) is 10.5. The van der Waals surface area contributed by atoms with Gasteiger partial charge in [-0.1, -0.05) is 109 Å². The Morgan fingerprint density at radius 2 is 1.23 bits per heavy atom. The van der Waals surface area contributed by atoms with Crippen molar-refractivity contribution >= 4 is 12.0 Å². The van der Waals surface area contributed by atoms with E-state index in [1.165, 1.54) is 27.9 Å². The largest absolute Gasteiger partial charge is 0.507 e. The first-order valence-electron chi connectivity index (χ1n) is 13.5. The van der Waals surface area contributed by atoms with Crippen LogP contribution >= 0.6 is 0 Å². The summed E-state index contributed by atoms with van der Waals surface area (Å²) in [6.45, 7) is 4.90. The van der Waals surface area contributed by atoms with Crippen LogP contribution in [-0.4, -0.2) is 16.0 Å². The maximum Gasteiger partial charge on any atom is 0.240 e. The summed E-state index contributed by atoms with van der Waals surface area (Å²) >= 11 is 0. The van der Waals surface area contributed by atoms with Crippen LogP contribution in [0.15, 0.2) is 127 Å². The first-order valence-corrected chi connectivity index (χ1v) is 13.5. The van der Waals surface area contributed by atoms with Gasteiger partial charge in [0.2, 0.25) is 6.34 Å². The minimum Gasteiger partial charge on any atom is -0.507 e. The highest BCUT2D eigenvalue weighted by molar-refractivity contribution is 5.80. The Hall–Kier alpha value is -4.63. The Balaban J connectivity index is 1.46. The lowest BCUT2D eigenvalue weighted by atomic mass is 9.92. The van der Waals surface area contributed by atoms with Gasteiger partial charge in [-0.15, -0.1) is 0 Å². The number of rotatable bonds is 6. The molecule has 0 aliphatic carbocycles. The summed E-state index contributed by atoms with van der Waals surface area (Å²) in [6.07, 6.45) is 2.24. The minimum absolute atomic E-state index is 0.0580. The SMILES string of the molecule is Cc1cc(C)cc(N2C=[N+](Cc3ccc(-c4ccccc4)cc3O)[C@H](c3ccccc3)[C@H]2c2ccccc2)c1. The number of aryl methyl sites for hydroxylation is 2. The number of hydrogen-bond donors (Lipinski definition) is 1. The molecule has 0 amide bonds. The molecule has 5 aromatic rings. The molecule has 1 heterocycles. The van der Waals surface area contributed by atoms with Crippen molar-refractivity contribution in [3.8, 4) is 16.9 Å². The van der Waals surface area contributed by atoms with Crippen LogP contribution in [0, 0.1) is 13.8 Å². The van der Waals surface area contributed by atoms with Gasteiger partial charge < -0.3 is 5.11 Å². The molecule has 0 saturated carbocycles. The fourth-order valence-corrected chi connectivity index (χ4v) is 5.82. The highest BCUT2D eigenvalue weighted by Crippen LogP contribution is 2.43. The summed E-state index contributed by atoms with van der Waals surface area (Å²) in [7, 11) is 0. The Kier molecular flexibility index (Phi) is 6.73. The zero-order chi connectivity index (χ0) is 26.8. The van der Waals surface area contributed by atoms with E-state index in [2.05, 4.69) is 133 Å². The van der Waals surface area contributed by atoms with Crippen molar-refractivity contribution in [3.05, 3.63) is 155 Å². The first kappa shape index (κ1) is 24.7. The van der Waals surface area contributed by atoms with Gasteiger partial charge in [0.1, 0.15) is 18.0 Å². The van der Waals surface area contributed by atoms with Gasteiger partial charge in [-0.25, -0.2) is 4.90 Å². The zero-order valence-corrected chi connectivity index (χ0v) is 22.4. The van der Waals surface area contributed by atoms with Crippen molar-refractivity contribution in [2.45, 2.75) is 32.5 Å². The molecule has 0 aromatic heterocycles. The van der Waals surface area contributed by atoms with Gasteiger partial charge >= 0.3 is 0 Å². The van der Waals surface area contributed by atoms with E-state index < -0.39 is 0 Å². The van der Waals surface area contributed by atoms with Gasteiger partial charge in [-0.3, -0.25) is 4.58 Å². The smallest absolute Gasteiger partial charge is 0.240 e. The van der Waals surface area contributed by atoms with E-state index in [-0.39, 0.29) is 12.1 Å². The third kappa shape index (κ3) is 5.08. The van der Waals surface area contributed by atoms with Gasteiger partial charge in [0.25, 0.3) is 0 Å². The molecule has 3 heteroatoms. The third-order valence-electron chi connectivity index (χ3n) is 7.56. The summed E-state index contributed by atoms with van der Waals surface area (Å²) in [5.74, 6) is 0.317. The fourth-order valence-electron chi connectivity index (χ4n) is 5.82. The summed E-state index contributed by atoms with van der Waals surface area (Å²) in [4.78, 5) is 2.41. The molecule has 1 aliphatic rings. The molecule has 0 fully saturated rings. The zero-order valence-electron chi connectivity index (χ0n) is 22.4. The van der Waals surface area contributed by atoms with Crippen molar-refractivity contribution in [2.24, 2.45) is 0 Å². The van der Waals surface area contributed by atoms with Gasteiger partial charge in [0, 0.05) is 16.7 Å². The van der Waals surface area contributed by atoms with E-state index in [0.717, 1.165) is 16.7 Å². The van der Waals surface area contributed by atoms with E-state index in [0.29, 0.717) is 12.3 Å². The minimum atomic E-state index is 0.0580. The standard InChI is InChI=1S/C36H32N2O/c1-26-20-27(2)22-33(21-26)38-25-37(24-32-19-18-31(23-34(32)39)28-12-6-3-7-13-28)35(29-14-8-4-9-15-29)36(38)30-16-10-5-11-17-30/h3-23,25,35-36H,24H2,1-2H3/p+1/t35-,36-/m1/s1. The Labute approximate surface area is 231 Å². The summed E-state index contributed by atoms with van der Waals surface area (Å²) in [5.41, 5.74) is 9.18. The van der Waals surface area contributed by atoms with Gasteiger partial charge in [-0.05, 0) is 54.3 Å². The lowest BCUT2D eigenvalue weighted by Gasteiger charge is -2.24. The van der Waals surface area contributed by atoms with E-state index in [1.54, 1.807) is 0 Å². The van der Waals surface area contributed by atoms with Crippen LogP contribution < -0.4 is 4.90 Å². The number of anilines is 1. The molecule has 1 aliphatic heterocycles. The number of aromatic hydroxyl groups is 1. The third-order valence-corrected chi connectivity index (χ3v) is 7.56. The Morgan fingerprint density at radius 1 is 0.641 bits per heavy atom. The second kappa shape index (κ2) is 10.6. The molecule has 6 rings (SSSR count). The number of phenols is 1. The average molecular weight is 510 g/mol. The molecule has 192 valence electrons. The number of nitrogens with zero attached hydrogens (tertiary/aromatic N) is 2. The average Bonchev–Trinajstić information content (AvgIpc) is 3.34. The van der Waals surface area contributed by atoms with Crippen molar-refractivity contribution in [3.63, 3.8) is 0 Å². The monoisotopic (exact) mass is 509 g/mol. The molecule has 0 spiro atoms. The molecule has 5 aromatic carbocycles. The lowest BCUT2D eigenvalue weighted by molar-refractivity contribution is -0.578. The number of hydrogen-bond acceptors (Lipinski definition) is 2. The van der Waals surface area contributed by atoms with Crippen LogP contribution in [0.2, 0.25) is 0 Å². The number of benzene rings is 5. The maximum absolute atomic E-state index is 11.2. The predicted octanol–water partition coefficient (Wildman–Crippen LogP) is 8.22. The highest BCUT2D eigenvalue weighted by atomic mass is 16.3. The summed E-state index contributed by atoms with van der Waals surface area (Å²) in [5, 5.41) is 11.2. The normalized spacial score (nSPS) is 16.8. The molecule has 3 nitrogen and oxygen atoms in total. The molecule has 0 saturated heterocycles. The van der Waals surface area contributed by atoms with Crippen LogP contribution in [0.1, 0.15) is 39.9 Å². The van der Waals surface area contributed by atoms with Crippen LogP contribution in [0.3, 0.4) is 0 Å². The first-order chi connectivity index (χ1) is 19.1. The molecule has 0 bridgehead atoms.